The Balaban J connectivity index is 1.81. The Hall–Kier alpha value is -2.09. The topological polar surface area (TPSA) is 91.8 Å². The van der Waals surface area contributed by atoms with E-state index in [9.17, 15) is 9.59 Å². The number of aryl methyl sites for hydroxylation is 2. The van der Waals surface area contributed by atoms with E-state index in [1.54, 1.807) is 18.7 Å². The number of hydrogen-bond donors (Lipinski definition) is 1. The van der Waals surface area contributed by atoms with Crippen molar-refractivity contribution in [3.63, 3.8) is 0 Å². The predicted molar refractivity (Wildman–Crippen MR) is 82.1 cm³/mol. The summed E-state index contributed by atoms with van der Waals surface area (Å²) in [6.45, 7) is 4.82. The van der Waals surface area contributed by atoms with Gasteiger partial charge in [0.25, 0.3) is 11.5 Å². The van der Waals surface area contributed by atoms with E-state index < -0.39 is 0 Å². The van der Waals surface area contributed by atoms with Crippen LogP contribution in [0.25, 0.3) is 0 Å². The molecule has 22 heavy (non-hydrogen) atoms. The minimum absolute atomic E-state index is 0.0856. The van der Waals surface area contributed by atoms with E-state index in [1.165, 1.54) is 6.07 Å². The van der Waals surface area contributed by atoms with E-state index in [4.69, 9.17) is 0 Å². The van der Waals surface area contributed by atoms with Crippen LogP contribution < -0.4 is 5.56 Å². The van der Waals surface area contributed by atoms with Crippen molar-refractivity contribution >= 4 is 17.6 Å². The summed E-state index contributed by atoms with van der Waals surface area (Å²) in [6.07, 6.45) is 1.81. The summed E-state index contributed by atoms with van der Waals surface area (Å²) in [4.78, 5) is 33.0. The minimum Gasteiger partial charge on any atom is -0.337 e. The number of nitrogens with zero attached hydrogens (tertiary/aromatic N) is 4. The number of amides is 1. The first-order chi connectivity index (χ1) is 10.5. The second kappa shape index (κ2) is 5.96. The number of aromatic nitrogens is 4. The van der Waals surface area contributed by atoms with Crippen LogP contribution in [0.2, 0.25) is 0 Å². The van der Waals surface area contributed by atoms with Gasteiger partial charge in [0.05, 0.1) is 23.1 Å². The van der Waals surface area contributed by atoms with Gasteiger partial charge in [0.1, 0.15) is 5.82 Å². The lowest BCUT2D eigenvalue weighted by atomic mass is 9.94. The molecule has 0 radical (unpaired) electrons. The third kappa shape index (κ3) is 2.92. The smallest absolute Gasteiger partial charge is 0.275 e. The van der Waals surface area contributed by atoms with Crippen molar-refractivity contribution < 1.29 is 4.79 Å². The molecule has 0 aliphatic carbocycles. The van der Waals surface area contributed by atoms with E-state index >= 15 is 0 Å². The molecule has 3 heterocycles. The molecular weight excluding hydrogens is 302 g/mol. The molecule has 1 aliphatic rings. The van der Waals surface area contributed by atoms with Gasteiger partial charge in [0, 0.05) is 25.1 Å². The van der Waals surface area contributed by atoms with Crippen molar-refractivity contribution in [2.45, 2.75) is 32.6 Å². The first kappa shape index (κ1) is 14.8. The quantitative estimate of drug-likeness (QED) is 0.899. The summed E-state index contributed by atoms with van der Waals surface area (Å²) in [5, 5.41) is 0. The standard InChI is InChI=1S/C14H17N5O2S/c1-8-13(18-22-17-8)14(21)19-5-3-4-10(7-19)11-6-12(20)16-9(2)15-11/h6,10H,3-5,7H2,1-2H3,(H,15,16,20). The van der Waals surface area contributed by atoms with Crippen molar-refractivity contribution in [3.05, 3.63) is 39.3 Å². The molecule has 7 nitrogen and oxygen atoms in total. The Morgan fingerprint density at radius 2 is 2.23 bits per heavy atom. The summed E-state index contributed by atoms with van der Waals surface area (Å²) in [7, 11) is 0. The van der Waals surface area contributed by atoms with Crippen molar-refractivity contribution in [1.82, 2.24) is 23.6 Å². The zero-order chi connectivity index (χ0) is 15.7. The zero-order valence-electron chi connectivity index (χ0n) is 12.5. The van der Waals surface area contributed by atoms with Crippen LogP contribution in [-0.2, 0) is 0 Å². The number of hydrogen-bond acceptors (Lipinski definition) is 6. The Morgan fingerprint density at radius 3 is 2.91 bits per heavy atom. The average molecular weight is 319 g/mol. The van der Waals surface area contributed by atoms with E-state index in [1.807, 2.05) is 0 Å². The fourth-order valence-corrected chi connectivity index (χ4v) is 3.33. The molecule has 0 aromatic carbocycles. The Labute approximate surface area is 131 Å². The lowest BCUT2D eigenvalue weighted by Gasteiger charge is -2.32. The monoisotopic (exact) mass is 319 g/mol. The minimum atomic E-state index is -0.148. The largest absolute Gasteiger partial charge is 0.337 e. The van der Waals surface area contributed by atoms with Crippen molar-refractivity contribution in [2.24, 2.45) is 0 Å². The molecule has 1 atom stereocenters. The van der Waals surface area contributed by atoms with Gasteiger partial charge in [-0.1, -0.05) is 0 Å². The number of carbonyl (C=O) groups is 1. The molecule has 1 amide bonds. The molecule has 8 heteroatoms. The first-order valence-corrected chi connectivity index (χ1v) is 7.94. The molecule has 2 aromatic heterocycles. The maximum atomic E-state index is 12.5. The van der Waals surface area contributed by atoms with Crippen LogP contribution in [0, 0.1) is 13.8 Å². The van der Waals surface area contributed by atoms with E-state index in [2.05, 4.69) is 18.7 Å². The highest BCUT2D eigenvalue weighted by Gasteiger charge is 2.28. The Bertz CT molecular complexity index is 754. The third-order valence-electron chi connectivity index (χ3n) is 3.86. The molecule has 1 aliphatic heterocycles. The number of likely N-dealkylation sites (tertiary alicyclic amines) is 1. The normalized spacial score (nSPS) is 18.5. The average Bonchev–Trinajstić information content (AvgIpc) is 2.92. The number of H-pyrrole nitrogens is 1. The fraction of sp³-hybridized carbons (Fsp3) is 0.500. The molecule has 0 saturated carbocycles. The van der Waals surface area contributed by atoms with Gasteiger partial charge >= 0.3 is 0 Å². The first-order valence-electron chi connectivity index (χ1n) is 7.21. The molecule has 1 N–H and O–H groups in total. The molecule has 1 fully saturated rings. The number of piperidine rings is 1. The number of nitrogens with one attached hydrogen (secondary N) is 1. The van der Waals surface area contributed by atoms with Crippen LogP contribution in [0.5, 0.6) is 0 Å². The summed E-state index contributed by atoms with van der Waals surface area (Å²) >= 11 is 1.05. The lowest BCUT2D eigenvalue weighted by molar-refractivity contribution is 0.0700. The molecule has 1 unspecified atom stereocenters. The van der Waals surface area contributed by atoms with E-state index in [0.29, 0.717) is 30.3 Å². The number of carbonyl (C=O) groups excluding carboxylic acids is 1. The second-order valence-corrected chi connectivity index (χ2v) is 6.07. The van der Waals surface area contributed by atoms with Crippen molar-refractivity contribution in [1.29, 1.82) is 0 Å². The van der Waals surface area contributed by atoms with Crippen molar-refractivity contribution in [2.75, 3.05) is 13.1 Å². The third-order valence-corrected chi connectivity index (χ3v) is 4.48. The molecule has 3 rings (SSSR count). The van der Waals surface area contributed by atoms with Gasteiger partial charge in [-0.25, -0.2) is 4.98 Å². The summed E-state index contributed by atoms with van der Waals surface area (Å²) in [6, 6.07) is 1.53. The highest BCUT2D eigenvalue weighted by atomic mass is 32.1. The number of aromatic amines is 1. The van der Waals surface area contributed by atoms with E-state index in [-0.39, 0.29) is 17.4 Å². The van der Waals surface area contributed by atoms with Crippen molar-refractivity contribution in [3.8, 4) is 0 Å². The lowest BCUT2D eigenvalue weighted by Crippen LogP contribution is -2.40. The van der Waals surface area contributed by atoms with Gasteiger partial charge in [-0.05, 0) is 26.7 Å². The van der Waals surface area contributed by atoms with Crippen LogP contribution >= 0.6 is 11.7 Å². The molecule has 2 aromatic rings. The molecule has 0 spiro atoms. The fourth-order valence-electron chi connectivity index (χ4n) is 2.79. The number of rotatable bonds is 2. The van der Waals surface area contributed by atoms with Crippen LogP contribution in [0.4, 0.5) is 0 Å². The highest BCUT2D eigenvalue weighted by molar-refractivity contribution is 6.99. The molecule has 1 saturated heterocycles. The van der Waals surface area contributed by atoms with Crippen LogP contribution in [0.1, 0.15) is 46.5 Å². The van der Waals surface area contributed by atoms with Gasteiger partial charge in [0.2, 0.25) is 0 Å². The summed E-state index contributed by atoms with van der Waals surface area (Å²) in [5.41, 5.74) is 1.71. The zero-order valence-corrected chi connectivity index (χ0v) is 13.3. The summed E-state index contributed by atoms with van der Waals surface area (Å²) in [5.74, 6) is 0.605. The second-order valence-electron chi connectivity index (χ2n) is 5.54. The van der Waals surface area contributed by atoms with Crippen LogP contribution in [0.15, 0.2) is 10.9 Å². The van der Waals surface area contributed by atoms with Gasteiger partial charge in [-0.3, -0.25) is 9.59 Å². The maximum absolute atomic E-state index is 12.5. The van der Waals surface area contributed by atoms with Crippen LogP contribution in [-0.4, -0.2) is 42.6 Å². The Morgan fingerprint density at radius 1 is 1.41 bits per heavy atom. The van der Waals surface area contributed by atoms with Crippen LogP contribution in [0.3, 0.4) is 0 Å². The summed E-state index contributed by atoms with van der Waals surface area (Å²) < 4.78 is 8.14. The maximum Gasteiger partial charge on any atom is 0.275 e. The SMILES string of the molecule is Cc1nc(C2CCCN(C(=O)c3nsnc3C)C2)cc(=O)[nH]1. The molecular formula is C14H17N5O2S. The van der Waals surface area contributed by atoms with Gasteiger partial charge in [0.15, 0.2) is 5.69 Å². The van der Waals surface area contributed by atoms with Gasteiger partial charge < -0.3 is 9.88 Å². The molecule has 0 bridgehead atoms. The van der Waals surface area contributed by atoms with Gasteiger partial charge in [-0.2, -0.15) is 8.75 Å². The predicted octanol–water partition coefficient (Wildman–Crippen LogP) is 1.26. The van der Waals surface area contributed by atoms with Gasteiger partial charge in [-0.15, -0.1) is 0 Å². The van der Waals surface area contributed by atoms with E-state index in [0.717, 1.165) is 30.3 Å². The Kier molecular flexibility index (Phi) is 4.02. The highest BCUT2D eigenvalue weighted by Crippen LogP contribution is 2.26. The molecule has 116 valence electrons.